The van der Waals surface area contributed by atoms with Crippen LogP contribution in [0, 0.1) is 98.9 Å². The molecule has 0 aliphatic carbocycles. The van der Waals surface area contributed by atoms with E-state index in [2.05, 4.69) is 0 Å². The molecule has 290 valence electrons. The molecule has 0 atom stereocenters. The van der Waals surface area contributed by atoms with Crippen LogP contribution in [-0.4, -0.2) is 6.42 Å². The molecular formula is C36H12BF18P. The first kappa shape index (κ1) is 40.2. The smallest absolute Gasteiger partial charge is 0.251 e. The lowest BCUT2D eigenvalue weighted by atomic mass is 9.30. The van der Waals surface area contributed by atoms with E-state index in [1.807, 2.05) is 0 Å². The van der Waals surface area contributed by atoms with E-state index >= 15 is 39.4 Å². The van der Waals surface area contributed by atoms with Crippen molar-refractivity contribution in [2.24, 2.45) is 0 Å². The molecule has 0 bridgehead atoms. The van der Waals surface area contributed by atoms with Gasteiger partial charge in [-0.2, -0.15) is 8.78 Å². The molecule has 20 heteroatoms. The van der Waals surface area contributed by atoms with Gasteiger partial charge >= 0.3 is 0 Å². The maximum Gasteiger partial charge on any atom is 0.251 e. The fourth-order valence-electron chi connectivity index (χ4n) is 6.48. The van der Waals surface area contributed by atoms with Crippen molar-refractivity contribution in [1.82, 2.24) is 0 Å². The van der Waals surface area contributed by atoms with Gasteiger partial charge in [-0.3, -0.25) is 0 Å². The van der Waals surface area contributed by atoms with Crippen molar-refractivity contribution in [3.8, 4) is 0 Å². The fraction of sp³-hybridized carbons (Fsp3) is 0. The summed E-state index contributed by atoms with van der Waals surface area (Å²) in [5, 5.41) is -3.40. The summed E-state index contributed by atoms with van der Waals surface area (Å²) in [6.45, 7) is 0. The van der Waals surface area contributed by atoms with Crippen LogP contribution in [0.15, 0.2) is 72.8 Å². The van der Waals surface area contributed by atoms with Crippen LogP contribution < -0.4 is 37.6 Å². The molecule has 0 aliphatic heterocycles. The predicted octanol–water partition coefficient (Wildman–Crippen LogP) is 7.61. The SMILES string of the molecule is Fc1ccc([P+](c2ccc(F)cc2)(c2ccc(F)cc2)c2c(F)c(F)c([B-](F)(c3c(F)c(F)c(F)c(F)c3F)c3c(F)c(F)c(F)c(F)c3F)c(F)c2F)cc1. The summed E-state index contributed by atoms with van der Waals surface area (Å²) < 4.78 is 275. The van der Waals surface area contributed by atoms with E-state index in [1.54, 1.807) is 0 Å². The third-order valence-electron chi connectivity index (χ3n) is 8.93. The highest BCUT2D eigenvalue weighted by Crippen LogP contribution is 2.56. The predicted molar refractivity (Wildman–Crippen MR) is 169 cm³/mol. The van der Waals surface area contributed by atoms with Gasteiger partial charge < -0.3 is 4.32 Å². The Morgan fingerprint density at radius 3 is 0.696 bits per heavy atom. The van der Waals surface area contributed by atoms with Crippen molar-refractivity contribution in [3.63, 3.8) is 0 Å². The topological polar surface area (TPSA) is 0 Å². The van der Waals surface area contributed by atoms with Crippen molar-refractivity contribution in [2.45, 2.75) is 0 Å². The molecule has 56 heavy (non-hydrogen) atoms. The minimum Gasteiger partial charge on any atom is -0.498 e. The Labute approximate surface area is 301 Å². The largest absolute Gasteiger partial charge is 0.498 e. The van der Waals surface area contributed by atoms with Crippen molar-refractivity contribution in [1.29, 1.82) is 0 Å². The third kappa shape index (κ3) is 5.72. The minimum atomic E-state index is -7.12. The van der Waals surface area contributed by atoms with Gasteiger partial charge in [0.25, 0.3) is 6.42 Å². The Kier molecular flexibility index (Phi) is 10.2. The van der Waals surface area contributed by atoms with E-state index in [0.717, 1.165) is 36.4 Å². The Bertz CT molecular complexity index is 2290. The molecular weight excluding hydrogens is 816 g/mol. The first-order chi connectivity index (χ1) is 26.2. The number of halogens is 18. The lowest BCUT2D eigenvalue weighted by Gasteiger charge is -2.38. The highest BCUT2D eigenvalue weighted by atomic mass is 31.2. The van der Waals surface area contributed by atoms with Crippen LogP contribution >= 0.6 is 7.26 Å². The van der Waals surface area contributed by atoms with Crippen LogP contribution in [0.25, 0.3) is 0 Å². The summed E-state index contributed by atoms with van der Waals surface area (Å²) >= 11 is 0. The number of rotatable bonds is 7. The van der Waals surface area contributed by atoms with Crippen LogP contribution in [0.3, 0.4) is 0 Å². The van der Waals surface area contributed by atoms with E-state index in [-0.39, 0.29) is 0 Å². The summed E-state index contributed by atoms with van der Waals surface area (Å²) in [5.74, 6) is -48.7. The first-order valence-corrected chi connectivity index (χ1v) is 16.9. The summed E-state index contributed by atoms with van der Waals surface area (Å²) in [6.07, 6.45) is -7.12. The third-order valence-corrected chi connectivity index (χ3v) is 13.2. The quantitative estimate of drug-likeness (QED) is 0.0512. The average Bonchev–Trinajstić information content (AvgIpc) is 3.17. The molecule has 0 N–H and O–H groups in total. The Morgan fingerprint density at radius 1 is 0.268 bits per heavy atom. The van der Waals surface area contributed by atoms with Crippen LogP contribution in [0.2, 0.25) is 0 Å². The van der Waals surface area contributed by atoms with Crippen molar-refractivity contribution >= 4 is 51.3 Å². The molecule has 0 radical (unpaired) electrons. The molecule has 0 aliphatic rings. The molecule has 6 aromatic carbocycles. The molecule has 6 aromatic rings. The summed E-state index contributed by atoms with van der Waals surface area (Å²) in [5.41, 5.74) is -9.93. The maximum atomic E-state index is 17.7. The van der Waals surface area contributed by atoms with E-state index in [9.17, 15) is 39.5 Å². The number of hydrogen-bond donors (Lipinski definition) is 0. The van der Waals surface area contributed by atoms with Gasteiger partial charge in [0.05, 0.1) is 0 Å². The van der Waals surface area contributed by atoms with E-state index in [4.69, 9.17) is 0 Å². The van der Waals surface area contributed by atoms with E-state index < -0.39 is 150 Å². The Balaban J connectivity index is 1.89. The van der Waals surface area contributed by atoms with Gasteiger partial charge in [0.1, 0.15) is 68.3 Å². The van der Waals surface area contributed by atoms with Crippen LogP contribution in [0.4, 0.5) is 79.0 Å². The average molecular weight is 828 g/mol. The number of benzene rings is 6. The molecule has 0 saturated carbocycles. The summed E-state index contributed by atoms with van der Waals surface area (Å²) in [7, 11) is -4.87. The second-order valence-corrected chi connectivity index (χ2v) is 15.2. The van der Waals surface area contributed by atoms with Crippen molar-refractivity contribution in [3.05, 3.63) is 172 Å². The van der Waals surface area contributed by atoms with Gasteiger partial charge in [-0.15, -0.1) is 0 Å². The Hall–Kier alpha value is -5.45. The van der Waals surface area contributed by atoms with Gasteiger partial charge in [-0.25, -0.2) is 65.9 Å². The normalized spacial score (nSPS) is 12.1. The molecule has 0 aromatic heterocycles. The first-order valence-electron chi connectivity index (χ1n) is 15.2. The van der Waals surface area contributed by atoms with Gasteiger partial charge in [0.2, 0.25) is 11.6 Å². The number of hydrogen-bond acceptors (Lipinski definition) is 0. The Morgan fingerprint density at radius 2 is 0.464 bits per heavy atom. The summed E-state index contributed by atoms with van der Waals surface area (Å²) in [6, 6.07) is 8.59. The second kappa shape index (κ2) is 14.2. The monoisotopic (exact) mass is 828 g/mol. The van der Waals surface area contributed by atoms with E-state index in [1.165, 1.54) is 0 Å². The molecule has 0 heterocycles. The van der Waals surface area contributed by atoms with Gasteiger partial charge in [0, 0.05) is 0 Å². The highest BCUT2D eigenvalue weighted by molar-refractivity contribution is 8.01. The van der Waals surface area contributed by atoms with Crippen LogP contribution in [0.5, 0.6) is 0 Å². The zero-order valence-electron chi connectivity index (χ0n) is 26.8. The molecule has 0 nitrogen and oxygen atoms in total. The lowest BCUT2D eigenvalue weighted by Crippen LogP contribution is -2.71. The molecule has 0 unspecified atom stereocenters. The van der Waals surface area contributed by atoms with Crippen LogP contribution in [0.1, 0.15) is 0 Å². The lowest BCUT2D eigenvalue weighted by molar-refractivity contribution is 0.380. The molecule has 6 rings (SSSR count). The van der Waals surface area contributed by atoms with Crippen LogP contribution in [-0.2, 0) is 0 Å². The molecule has 0 fully saturated rings. The minimum absolute atomic E-state index is 0.502. The maximum absolute atomic E-state index is 17.7. The van der Waals surface area contributed by atoms with Crippen molar-refractivity contribution in [2.75, 3.05) is 0 Å². The van der Waals surface area contributed by atoms with E-state index in [0.29, 0.717) is 36.4 Å². The van der Waals surface area contributed by atoms with Gasteiger partial charge in [0.15, 0.2) is 47.5 Å². The molecule has 0 saturated heterocycles. The fourth-order valence-corrected chi connectivity index (χ4v) is 10.7. The molecule has 0 spiro atoms. The zero-order chi connectivity index (χ0) is 41.3. The van der Waals surface area contributed by atoms with Crippen molar-refractivity contribution < 1.29 is 79.0 Å². The highest BCUT2D eigenvalue weighted by Gasteiger charge is 2.56. The zero-order valence-corrected chi connectivity index (χ0v) is 27.7. The molecule has 0 amide bonds. The standard InChI is InChI=1S/C36H12BF18P/c38-13-1-7-16(8-2-13)56(17-9-3-14(39)4-10-17,18-11-5-15(40)6-12-18)36-34(53)26(45)21(27(46)35(36)54)37(55,19-22(41)28(47)32(51)29(48)23(19)42)20-24(43)30(49)33(52)31(50)25(20)44/h1-12H. The van der Waals surface area contributed by atoms with Gasteiger partial charge in [-0.1, -0.05) is 16.4 Å². The van der Waals surface area contributed by atoms with Gasteiger partial charge in [-0.05, 0) is 72.8 Å². The summed E-state index contributed by atoms with van der Waals surface area (Å²) in [4.78, 5) is 0. The second-order valence-electron chi connectivity index (χ2n) is 11.8.